The molecule has 3 amide bonds. The number of ether oxygens (including phenoxy) is 3. The van der Waals surface area contributed by atoms with Crippen molar-refractivity contribution in [3.8, 4) is 0 Å². The average molecular weight is 679 g/mol. The fourth-order valence-electron chi connectivity index (χ4n) is 5.71. The number of aliphatic hydroxyl groups excluding tert-OH is 4. The summed E-state index contributed by atoms with van der Waals surface area (Å²) in [7, 11) is 0. The third kappa shape index (κ3) is 11.5. The number of anilines is 1. The largest absolute Gasteiger partial charge is 0.416 e. The van der Waals surface area contributed by atoms with Gasteiger partial charge in [0.25, 0.3) is 0 Å². The molecule has 0 unspecified atom stereocenters. The number of hydrogen-bond acceptors (Lipinski definition) is 10. The van der Waals surface area contributed by atoms with E-state index in [1.165, 1.54) is 25.3 Å². The summed E-state index contributed by atoms with van der Waals surface area (Å²) in [5, 5.41) is 48.6. The molecule has 2 fully saturated rings. The van der Waals surface area contributed by atoms with Gasteiger partial charge in [0.1, 0.15) is 36.6 Å². The number of alkyl halides is 3. The van der Waals surface area contributed by atoms with Crippen molar-refractivity contribution in [3.63, 3.8) is 0 Å². The highest BCUT2D eigenvalue weighted by molar-refractivity contribution is 5.89. The van der Waals surface area contributed by atoms with Crippen molar-refractivity contribution in [1.29, 1.82) is 0 Å². The van der Waals surface area contributed by atoms with E-state index in [9.17, 15) is 43.2 Å². The lowest BCUT2D eigenvalue weighted by Gasteiger charge is -2.47. The monoisotopic (exact) mass is 678 g/mol. The number of hydrogen-bond donors (Lipinski definition) is 8. The molecule has 13 nitrogen and oxygen atoms in total. The molecule has 0 aliphatic carbocycles. The van der Waals surface area contributed by atoms with Crippen LogP contribution in [-0.4, -0.2) is 107 Å². The maximum Gasteiger partial charge on any atom is 0.416 e. The van der Waals surface area contributed by atoms with Crippen LogP contribution in [0, 0.1) is 0 Å². The Morgan fingerprint density at radius 2 is 1.62 bits per heavy atom. The number of rotatable bonds is 16. The summed E-state index contributed by atoms with van der Waals surface area (Å²) in [6.45, 7) is 0.834. The van der Waals surface area contributed by atoms with Crippen LogP contribution in [0.3, 0.4) is 0 Å². The van der Waals surface area contributed by atoms with E-state index in [2.05, 4.69) is 22.9 Å². The maximum absolute atomic E-state index is 13.1. The molecule has 0 aromatic heterocycles. The lowest BCUT2D eigenvalue weighted by molar-refractivity contribution is -0.292. The number of nitrogens with one attached hydrogen (secondary N) is 3. The van der Waals surface area contributed by atoms with Gasteiger partial charge in [-0.2, -0.15) is 13.2 Å². The Morgan fingerprint density at radius 1 is 0.957 bits per heavy atom. The Labute approximate surface area is 272 Å². The Hall–Kier alpha value is -2.57. The van der Waals surface area contributed by atoms with Crippen molar-refractivity contribution < 1.29 is 57.4 Å². The standard InChI is InChI=1S/C31H49F3N4O9/c1-2-3-4-5-6-7-8-9-13-23(41)37-24-21(15-39)45-17-20(35)28(24)47-29-25(27(43)26(42)22(16-40)46-29)38-30(44)36-19-12-10-11-18(14-19)31(32,33)34/h10-12,14,20-22,24-29,39-40,42-43H,2-9,13,15-17,35H2,1H3,(H,37,41)(H2,36,38,44)/t20-,21+,22+,24-,25+,26+,27+,28+,29-/m0/s1. The summed E-state index contributed by atoms with van der Waals surface area (Å²) in [4.78, 5) is 25.8. The van der Waals surface area contributed by atoms with Crippen LogP contribution in [-0.2, 0) is 25.2 Å². The van der Waals surface area contributed by atoms with Gasteiger partial charge >= 0.3 is 12.2 Å². The van der Waals surface area contributed by atoms with Crippen molar-refractivity contribution in [2.45, 2.75) is 126 Å². The zero-order valence-corrected chi connectivity index (χ0v) is 26.5. The normalized spacial score (nSPS) is 29.7. The smallest absolute Gasteiger partial charge is 0.394 e. The molecule has 0 radical (unpaired) electrons. The zero-order chi connectivity index (χ0) is 34.6. The van der Waals surface area contributed by atoms with Gasteiger partial charge in [-0.15, -0.1) is 0 Å². The zero-order valence-electron chi connectivity index (χ0n) is 26.5. The van der Waals surface area contributed by atoms with Gasteiger partial charge in [-0.25, -0.2) is 4.79 Å². The molecule has 2 aliphatic rings. The van der Waals surface area contributed by atoms with E-state index in [1.54, 1.807) is 0 Å². The summed E-state index contributed by atoms with van der Waals surface area (Å²) in [6, 6.07) is -0.561. The molecule has 16 heteroatoms. The highest BCUT2D eigenvalue weighted by Crippen LogP contribution is 2.31. The first kappa shape index (κ1) is 38.9. The van der Waals surface area contributed by atoms with Gasteiger partial charge < -0.3 is 56.3 Å². The Kier molecular flexibility index (Phi) is 15.6. The molecule has 268 valence electrons. The van der Waals surface area contributed by atoms with Crippen LogP contribution < -0.4 is 21.7 Å². The van der Waals surface area contributed by atoms with Crippen molar-refractivity contribution in [3.05, 3.63) is 29.8 Å². The van der Waals surface area contributed by atoms with E-state index in [-0.39, 0.29) is 24.6 Å². The molecule has 47 heavy (non-hydrogen) atoms. The minimum absolute atomic E-state index is 0.0876. The fraction of sp³-hybridized carbons (Fsp3) is 0.742. The molecule has 9 N–H and O–H groups in total. The molecule has 1 aromatic rings. The predicted molar refractivity (Wildman–Crippen MR) is 164 cm³/mol. The molecule has 0 bridgehead atoms. The van der Waals surface area contributed by atoms with Crippen molar-refractivity contribution in [1.82, 2.24) is 10.6 Å². The molecular formula is C31H49F3N4O9. The molecule has 9 atom stereocenters. The molecule has 3 rings (SSSR count). The second-order valence-electron chi connectivity index (χ2n) is 12.0. The number of benzene rings is 1. The first-order valence-electron chi connectivity index (χ1n) is 16.2. The molecule has 2 heterocycles. The lowest BCUT2D eigenvalue weighted by Crippen LogP contribution is -2.69. The first-order valence-corrected chi connectivity index (χ1v) is 16.2. The van der Waals surface area contributed by atoms with Gasteiger partial charge in [0.15, 0.2) is 6.29 Å². The number of unbranched alkanes of at least 4 members (excludes halogenated alkanes) is 7. The summed E-state index contributed by atoms with van der Waals surface area (Å²) in [5.41, 5.74) is 5.10. The van der Waals surface area contributed by atoms with Gasteiger partial charge in [-0.1, -0.05) is 57.9 Å². The molecule has 0 spiro atoms. The van der Waals surface area contributed by atoms with E-state index in [4.69, 9.17) is 19.9 Å². The van der Waals surface area contributed by atoms with E-state index in [1.807, 2.05) is 0 Å². The fourth-order valence-corrected chi connectivity index (χ4v) is 5.71. The molecular weight excluding hydrogens is 629 g/mol. The molecule has 0 saturated carbocycles. The number of halogens is 3. The summed E-state index contributed by atoms with van der Waals surface area (Å²) in [6.07, 6.45) is -4.48. The Balaban J connectivity index is 1.70. The van der Waals surface area contributed by atoms with E-state index < -0.39 is 85.9 Å². The van der Waals surface area contributed by atoms with Crippen LogP contribution in [0.15, 0.2) is 24.3 Å². The van der Waals surface area contributed by atoms with Gasteiger partial charge in [0.05, 0.1) is 37.5 Å². The van der Waals surface area contributed by atoms with Crippen molar-refractivity contribution in [2.75, 3.05) is 25.1 Å². The minimum atomic E-state index is -4.65. The third-order valence-corrected chi connectivity index (χ3v) is 8.36. The number of nitrogens with two attached hydrogens (primary N) is 1. The lowest BCUT2D eigenvalue weighted by atomic mass is 9.94. The second kappa shape index (κ2) is 18.8. The van der Waals surface area contributed by atoms with E-state index >= 15 is 0 Å². The highest BCUT2D eigenvalue weighted by Gasteiger charge is 2.49. The van der Waals surface area contributed by atoms with Crippen molar-refractivity contribution >= 4 is 17.6 Å². The van der Waals surface area contributed by atoms with Gasteiger partial charge in [0.2, 0.25) is 5.91 Å². The van der Waals surface area contributed by atoms with E-state index in [0.717, 1.165) is 43.9 Å². The van der Waals surface area contributed by atoms with Crippen LogP contribution in [0.5, 0.6) is 0 Å². The van der Waals surface area contributed by atoms with Crippen molar-refractivity contribution in [2.24, 2.45) is 5.73 Å². The molecule has 1 aromatic carbocycles. The Morgan fingerprint density at radius 3 is 2.26 bits per heavy atom. The van der Waals surface area contributed by atoms with Gasteiger partial charge in [0, 0.05) is 12.1 Å². The summed E-state index contributed by atoms with van der Waals surface area (Å²) in [5.74, 6) is -0.325. The molecule has 2 saturated heterocycles. The first-order chi connectivity index (χ1) is 22.4. The number of carbonyl (C=O) groups is 2. The summed E-state index contributed by atoms with van der Waals surface area (Å²) < 4.78 is 56.9. The number of urea groups is 1. The van der Waals surface area contributed by atoms with Crippen LogP contribution >= 0.6 is 0 Å². The summed E-state index contributed by atoms with van der Waals surface area (Å²) >= 11 is 0. The van der Waals surface area contributed by atoms with Gasteiger partial charge in [-0.3, -0.25) is 4.79 Å². The SMILES string of the molecule is CCCCCCCCCCC(=O)N[C@@H]1[C@H](O[C@@H]2O[C@H](CO)[C@@H](O)[C@H](O)[C@H]2NC(=O)Nc2cccc(C(F)(F)F)c2)[C@@H](N)CO[C@@H]1CO. The number of carbonyl (C=O) groups excluding carboxylic acids is 2. The third-order valence-electron chi connectivity index (χ3n) is 8.36. The van der Waals surface area contributed by atoms with Crippen LogP contribution in [0.1, 0.15) is 70.3 Å². The van der Waals surface area contributed by atoms with Gasteiger partial charge in [-0.05, 0) is 24.6 Å². The quantitative estimate of drug-likeness (QED) is 0.119. The topological polar surface area (TPSA) is 205 Å². The average Bonchev–Trinajstić information content (AvgIpc) is 3.03. The van der Waals surface area contributed by atoms with E-state index in [0.29, 0.717) is 6.42 Å². The number of aliphatic hydroxyl groups is 4. The molecule has 2 aliphatic heterocycles. The highest BCUT2D eigenvalue weighted by atomic mass is 19.4. The van der Waals surface area contributed by atoms with Crippen LogP contribution in [0.25, 0.3) is 0 Å². The maximum atomic E-state index is 13.1. The van der Waals surface area contributed by atoms with Crippen LogP contribution in [0.2, 0.25) is 0 Å². The second-order valence-corrected chi connectivity index (χ2v) is 12.0. The minimum Gasteiger partial charge on any atom is -0.394 e. The number of amides is 3. The Bertz CT molecular complexity index is 1120. The van der Waals surface area contributed by atoms with Crippen LogP contribution in [0.4, 0.5) is 23.7 Å². The predicted octanol–water partition coefficient (Wildman–Crippen LogP) is 1.75.